The lowest BCUT2D eigenvalue weighted by Gasteiger charge is -2.12. The number of hydrogen-bond donors (Lipinski definition) is 0. The largest absolute Gasteiger partial charge is 0.486 e. The molecule has 2 atom stereocenters. The van der Waals surface area contributed by atoms with E-state index < -0.39 is 12.4 Å². The number of rotatable bonds is 2. The molecule has 2 rings (SSSR count). The van der Waals surface area contributed by atoms with Gasteiger partial charge in [0.1, 0.15) is 11.9 Å². The summed E-state index contributed by atoms with van der Waals surface area (Å²) in [4.78, 5) is 0. The van der Waals surface area contributed by atoms with Crippen molar-refractivity contribution in [1.82, 2.24) is 0 Å². The topological polar surface area (TPSA) is 18.5 Å². The fourth-order valence-corrected chi connectivity index (χ4v) is 2.10. The van der Waals surface area contributed by atoms with Gasteiger partial charge in [-0.25, -0.2) is 4.39 Å². The smallest absolute Gasteiger partial charge is 0.387 e. The summed E-state index contributed by atoms with van der Waals surface area (Å²) in [5, 5.41) is 0. The highest BCUT2D eigenvalue weighted by molar-refractivity contribution is 5.55. The van der Waals surface area contributed by atoms with Gasteiger partial charge in [-0.05, 0) is 19.4 Å². The Kier molecular flexibility index (Phi) is 2.93. The van der Waals surface area contributed by atoms with Crippen LogP contribution < -0.4 is 9.47 Å². The minimum absolute atomic E-state index is 0.0410. The number of fused-ring (bicyclic) bond motifs is 1. The van der Waals surface area contributed by atoms with Gasteiger partial charge in [0.15, 0.2) is 11.5 Å². The van der Waals surface area contributed by atoms with Gasteiger partial charge in [-0.1, -0.05) is 6.92 Å². The first-order chi connectivity index (χ1) is 7.91. The summed E-state index contributed by atoms with van der Waals surface area (Å²) >= 11 is 0. The van der Waals surface area contributed by atoms with Crippen LogP contribution in [0, 0.1) is 12.7 Å². The average Bonchev–Trinajstić information content (AvgIpc) is 2.52. The van der Waals surface area contributed by atoms with E-state index in [0.717, 1.165) is 6.07 Å². The molecule has 0 bridgehead atoms. The Balaban J connectivity index is 2.54. The van der Waals surface area contributed by atoms with Gasteiger partial charge in [0, 0.05) is 17.5 Å². The molecule has 0 amide bonds. The van der Waals surface area contributed by atoms with Crippen molar-refractivity contribution in [2.24, 2.45) is 0 Å². The molecule has 1 heterocycles. The van der Waals surface area contributed by atoms with Crippen molar-refractivity contribution < 1.29 is 22.6 Å². The molecule has 0 spiro atoms. The van der Waals surface area contributed by atoms with Crippen LogP contribution in [0.5, 0.6) is 11.5 Å². The summed E-state index contributed by atoms with van der Waals surface area (Å²) < 4.78 is 47.8. The maximum atomic E-state index is 13.6. The SMILES string of the molecule is Cc1c(F)cc(OC(F)F)c2c1C(C)C(C)O2. The second-order valence-corrected chi connectivity index (χ2v) is 4.21. The zero-order valence-electron chi connectivity index (χ0n) is 9.76. The molecule has 94 valence electrons. The van der Waals surface area contributed by atoms with E-state index in [-0.39, 0.29) is 23.5 Å². The highest BCUT2D eigenvalue weighted by Crippen LogP contribution is 2.47. The van der Waals surface area contributed by atoms with Crippen LogP contribution in [0.15, 0.2) is 6.07 Å². The van der Waals surface area contributed by atoms with E-state index in [1.807, 2.05) is 13.8 Å². The highest BCUT2D eigenvalue weighted by atomic mass is 19.3. The Morgan fingerprint density at radius 2 is 2.00 bits per heavy atom. The van der Waals surface area contributed by atoms with Crippen LogP contribution >= 0.6 is 0 Å². The molecule has 0 fully saturated rings. The Morgan fingerprint density at radius 3 is 2.59 bits per heavy atom. The number of halogens is 3. The number of alkyl halides is 2. The summed E-state index contributed by atoms with van der Waals surface area (Å²) in [6.45, 7) is 2.30. The van der Waals surface area contributed by atoms with E-state index in [2.05, 4.69) is 4.74 Å². The van der Waals surface area contributed by atoms with Crippen molar-refractivity contribution in [1.29, 1.82) is 0 Å². The monoisotopic (exact) mass is 246 g/mol. The third-order valence-corrected chi connectivity index (χ3v) is 3.17. The van der Waals surface area contributed by atoms with Gasteiger partial charge < -0.3 is 9.47 Å². The molecule has 1 aliphatic heterocycles. The van der Waals surface area contributed by atoms with Crippen molar-refractivity contribution in [2.45, 2.75) is 39.4 Å². The third-order valence-electron chi connectivity index (χ3n) is 3.17. The van der Waals surface area contributed by atoms with Crippen LogP contribution in [-0.4, -0.2) is 12.7 Å². The summed E-state index contributed by atoms with van der Waals surface area (Å²) in [7, 11) is 0. The Bertz CT molecular complexity index is 446. The average molecular weight is 246 g/mol. The van der Waals surface area contributed by atoms with Gasteiger partial charge in [0.25, 0.3) is 0 Å². The first-order valence-electron chi connectivity index (χ1n) is 5.36. The first kappa shape index (κ1) is 12.1. The molecule has 17 heavy (non-hydrogen) atoms. The highest BCUT2D eigenvalue weighted by Gasteiger charge is 2.34. The van der Waals surface area contributed by atoms with Crippen LogP contribution in [0.2, 0.25) is 0 Å². The summed E-state index contributed by atoms with van der Waals surface area (Å²) in [6.07, 6.45) is -0.175. The van der Waals surface area contributed by atoms with Gasteiger partial charge in [-0.2, -0.15) is 8.78 Å². The molecule has 1 aromatic rings. The van der Waals surface area contributed by atoms with Crippen LogP contribution in [-0.2, 0) is 0 Å². The van der Waals surface area contributed by atoms with E-state index in [1.165, 1.54) is 0 Å². The molecule has 1 aliphatic rings. The van der Waals surface area contributed by atoms with E-state index >= 15 is 0 Å². The molecule has 0 N–H and O–H groups in total. The second-order valence-electron chi connectivity index (χ2n) is 4.21. The van der Waals surface area contributed by atoms with Gasteiger partial charge in [-0.15, -0.1) is 0 Å². The molecule has 1 aromatic carbocycles. The molecule has 0 aromatic heterocycles. The Hall–Kier alpha value is -1.39. The zero-order valence-corrected chi connectivity index (χ0v) is 9.76. The zero-order chi connectivity index (χ0) is 12.7. The number of hydrogen-bond acceptors (Lipinski definition) is 2. The van der Waals surface area contributed by atoms with Crippen molar-refractivity contribution in [2.75, 3.05) is 0 Å². The minimum atomic E-state index is -2.99. The van der Waals surface area contributed by atoms with E-state index in [9.17, 15) is 13.2 Å². The maximum absolute atomic E-state index is 13.6. The standard InChI is InChI=1S/C12H13F3O2/c1-5-7(3)16-11-9(17-12(14)15)4-8(13)6(2)10(5)11/h4-5,7,12H,1-3H3. The molecule has 0 aliphatic carbocycles. The number of ether oxygens (including phenoxy) is 2. The van der Waals surface area contributed by atoms with Crippen LogP contribution in [0.1, 0.15) is 30.9 Å². The van der Waals surface area contributed by atoms with Crippen LogP contribution in [0.4, 0.5) is 13.2 Å². The Morgan fingerprint density at radius 1 is 1.35 bits per heavy atom. The lowest BCUT2D eigenvalue weighted by atomic mass is 9.94. The quantitative estimate of drug-likeness (QED) is 0.793. The molecule has 0 saturated heterocycles. The van der Waals surface area contributed by atoms with E-state index in [0.29, 0.717) is 11.1 Å². The summed E-state index contributed by atoms with van der Waals surface area (Å²) in [5.41, 5.74) is 1.05. The predicted octanol–water partition coefficient (Wildman–Crippen LogP) is 3.62. The van der Waals surface area contributed by atoms with Gasteiger partial charge in [-0.3, -0.25) is 0 Å². The first-order valence-corrected chi connectivity index (χ1v) is 5.36. The van der Waals surface area contributed by atoms with Gasteiger partial charge >= 0.3 is 6.61 Å². The molecule has 0 saturated carbocycles. The maximum Gasteiger partial charge on any atom is 0.387 e. The normalized spacial score (nSPS) is 22.5. The molecular formula is C12H13F3O2. The molecular weight excluding hydrogens is 233 g/mol. The van der Waals surface area contributed by atoms with Gasteiger partial charge in [0.05, 0.1) is 0 Å². The van der Waals surface area contributed by atoms with E-state index in [1.54, 1.807) is 6.92 Å². The third kappa shape index (κ3) is 1.94. The van der Waals surface area contributed by atoms with Crippen molar-refractivity contribution in [3.8, 4) is 11.5 Å². The second kappa shape index (κ2) is 4.13. The lowest BCUT2D eigenvalue weighted by Crippen LogP contribution is -2.11. The van der Waals surface area contributed by atoms with Crippen molar-refractivity contribution in [3.05, 3.63) is 23.0 Å². The Labute approximate surface area is 97.3 Å². The molecule has 2 nitrogen and oxygen atoms in total. The summed E-state index contributed by atoms with van der Waals surface area (Å²) in [6, 6.07) is 0.949. The number of benzene rings is 1. The van der Waals surface area contributed by atoms with Crippen LogP contribution in [0.25, 0.3) is 0 Å². The summed E-state index contributed by atoms with van der Waals surface area (Å²) in [5.74, 6) is -0.580. The fourth-order valence-electron chi connectivity index (χ4n) is 2.10. The minimum Gasteiger partial charge on any atom is -0.486 e. The van der Waals surface area contributed by atoms with E-state index in [4.69, 9.17) is 4.74 Å². The fraction of sp³-hybridized carbons (Fsp3) is 0.500. The lowest BCUT2D eigenvalue weighted by molar-refractivity contribution is -0.0517. The van der Waals surface area contributed by atoms with Gasteiger partial charge in [0.2, 0.25) is 0 Å². The van der Waals surface area contributed by atoms with Crippen molar-refractivity contribution in [3.63, 3.8) is 0 Å². The molecule has 2 unspecified atom stereocenters. The van der Waals surface area contributed by atoms with Crippen LogP contribution in [0.3, 0.4) is 0 Å². The molecule has 0 radical (unpaired) electrons. The molecule has 5 heteroatoms. The predicted molar refractivity (Wildman–Crippen MR) is 56.3 cm³/mol. The van der Waals surface area contributed by atoms with Crippen molar-refractivity contribution >= 4 is 0 Å².